The summed E-state index contributed by atoms with van der Waals surface area (Å²) in [5, 5.41) is 16.9. The molecule has 0 aliphatic rings. The van der Waals surface area contributed by atoms with Gasteiger partial charge in [0.2, 0.25) is 5.91 Å². The number of nitrogens with zero attached hydrogens (tertiary/aromatic N) is 2. The molecule has 0 bridgehead atoms. The second-order valence-electron chi connectivity index (χ2n) is 9.63. The molecule has 5 nitrogen and oxygen atoms in total. The molecule has 3 aromatic rings. The Hall–Kier alpha value is -3.14. The van der Waals surface area contributed by atoms with Gasteiger partial charge >= 0.3 is 0 Å². The van der Waals surface area contributed by atoms with Gasteiger partial charge in [0, 0.05) is 18.9 Å². The zero-order valence-corrected chi connectivity index (χ0v) is 22.9. The Labute approximate surface area is 226 Å². The van der Waals surface area contributed by atoms with Crippen molar-refractivity contribution in [1.29, 1.82) is 5.26 Å². The lowest BCUT2D eigenvalue weighted by Gasteiger charge is -2.31. The van der Waals surface area contributed by atoms with Crippen LogP contribution in [0.15, 0.2) is 85.2 Å². The van der Waals surface area contributed by atoms with Crippen LogP contribution in [0.3, 0.4) is 0 Å². The third-order valence-corrected chi connectivity index (χ3v) is 7.61. The van der Waals surface area contributed by atoms with E-state index < -0.39 is 5.41 Å². The highest BCUT2D eigenvalue weighted by Gasteiger charge is 2.35. The van der Waals surface area contributed by atoms with Crippen molar-refractivity contribution in [2.24, 2.45) is 5.92 Å². The van der Waals surface area contributed by atoms with Crippen molar-refractivity contribution in [3.8, 4) is 6.07 Å². The van der Waals surface area contributed by atoms with E-state index in [1.807, 2.05) is 48.5 Å². The Morgan fingerprint density at radius 2 is 1.68 bits per heavy atom. The highest BCUT2D eigenvalue weighted by Crippen LogP contribution is 2.36. The van der Waals surface area contributed by atoms with Gasteiger partial charge in [0.25, 0.3) is 0 Å². The highest BCUT2D eigenvalue weighted by atomic mass is 32.2. The molecule has 0 aliphatic heterocycles. The smallest absolute Gasteiger partial charge is 0.237 e. The Morgan fingerprint density at radius 1 is 1.03 bits per heavy atom. The molecule has 2 atom stereocenters. The number of carbonyl (C=O) groups excluding carboxylic acids is 1. The number of carbonyl (C=O) groups is 1. The van der Waals surface area contributed by atoms with E-state index in [0.717, 1.165) is 28.9 Å². The van der Waals surface area contributed by atoms with E-state index in [1.165, 1.54) is 0 Å². The predicted octanol–water partition coefficient (Wildman–Crippen LogP) is 5.90. The molecule has 2 aromatic carbocycles. The molecule has 0 aliphatic carbocycles. The monoisotopic (exact) mass is 514 g/mol. The molecule has 0 saturated carbocycles. The normalized spacial score (nSPS) is 13.6. The Morgan fingerprint density at radius 3 is 2.19 bits per heavy atom. The molecular formula is C31H38N4OS. The molecule has 1 aromatic heterocycles. The van der Waals surface area contributed by atoms with Crippen molar-refractivity contribution in [3.05, 3.63) is 102 Å². The first-order chi connectivity index (χ1) is 18.0. The van der Waals surface area contributed by atoms with Crippen LogP contribution < -0.4 is 10.6 Å². The van der Waals surface area contributed by atoms with Crippen LogP contribution in [0.2, 0.25) is 0 Å². The van der Waals surface area contributed by atoms with E-state index in [4.69, 9.17) is 0 Å². The number of pyridine rings is 1. The Bertz CT molecular complexity index is 1080. The minimum absolute atomic E-state index is 0.000561. The molecule has 1 heterocycles. The second-order valence-corrected chi connectivity index (χ2v) is 10.6. The predicted molar refractivity (Wildman–Crippen MR) is 153 cm³/mol. The first-order valence-electron chi connectivity index (χ1n) is 13.0. The van der Waals surface area contributed by atoms with Gasteiger partial charge in [0.1, 0.15) is 0 Å². The summed E-state index contributed by atoms with van der Waals surface area (Å²) in [5.41, 5.74) is 2.57. The summed E-state index contributed by atoms with van der Waals surface area (Å²) in [6.45, 7) is 4.67. The van der Waals surface area contributed by atoms with Gasteiger partial charge in [0.05, 0.1) is 23.6 Å². The Kier molecular flexibility index (Phi) is 11.2. The highest BCUT2D eigenvalue weighted by molar-refractivity contribution is 7.98. The zero-order chi connectivity index (χ0) is 26.5. The maximum atomic E-state index is 13.4. The number of benzene rings is 2. The van der Waals surface area contributed by atoms with Crippen LogP contribution in [0.25, 0.3) is 0 Å². The van der Waals surface area contributed by atoms with E-state index in [2.05, 4.69) is 66.1 Å². The molecule has 0 radical (unpaired) electrons. The molecular weight excluding hydrogens is 476 g/mol. The summed E-state index contributed by atoms with van der Waals surface area (Å²) < 4.78 is 0. The van der Waals surface area contributed by atoms with Gasteiger partial charge in [-0.05, 0) is 59.9 Å². The molecule has 6 heteroatoms. The third kappa shape index (κ3) is 7.67. The fourth-order valence-electron chi connectivity index (χ4n) is 4.75. The number of aromatic nitrogens is 1. The third-order valence-electron chi connectivity index (χ3n) is 6.97. The SMILES string of the molecule is CSCC[C@H](NC(c1ccccc1)c1ccccc1)C(=O)NCCCC(C#N)(c1cccnc1)C(C)C. The van der Waals surface area contributed by atoms with Crippen molar-refractivity contribution in [2.45, 2.75) is 50.6 Å². The second kappa shape index (κ2) is 14.6. The summed E-state index contributed by atoms with van der Waals surface area (Å²) in [6, 6.07) is 26.5. The fourth-order valence-corrected chi connectivity index (χ4v) is 5.22. The minimum Gasteiger partial charge on any atom is -0.355 e. The average molecular weight is 515 g/mol. The van der Waals surface area contributed by atoms with Gasteiger partial charge in [-0.25, -0.2) is 0 Å². The molecule has 2 N–H and O–H groups in total. The van der Waals surface area contributed by atoms with Crippen molar-refractivity contribution in [3.63, 3.8) is 0 Å². The fraction of sp³-hybridized carbons (Fsp3) is 0.387. The topological polar surface area (TPSA) is 77.8 Å². The first kappa shape index (κ1) is 28.4. The molecule has 0 fully saturated rings. The van der Waals surface area contributed by atoms with Crippen molar-refractivity contribution in [2.75, 3.05) is 18.6 Å². The molecule has 0 spiro atoms. The number of thioether (sulfide) groups is 1. The van der Waals surface area contributed by atoms with Crippen molar-refractivity contribution in [1.82, 2.24) is 15.6 Å². The summed E-state index contributed by atoms with van der Waals surface area (Å²) >= 11 is 1.74. The Balaban J connectivity index is 1.69. The molecule has 1 amide bonds. The summed E-state index contributed by atoms with van der Waals surface area (Å²) in [5.74, 6) is 1.01. The quantitative estimate of drug-likeness (QED) is 0.262. The van der Waals surface area contributed by atoms with Gasteiger partial charge in [-0.2, -0.15) is 17.0 Å². The largest absolute Gasteiger partial charge is 0.355 e. The average Bonchev–Trinajstić information content (AvgIpc) is 2.94. The molecule has 3 rings (SSSR count). The van der Waals surface area contributed by atoms with Gasteiger partial charge in [-0.1, -0.05) is 80.6 Å². The van der Waals surface area contributed by atoms with Gasteiger partial charge in [-0.15, -0.1) is 0 Å². The number of hydrogen-bond acceptors (Lipinski definition) is 5. The van der Waals surface area contributed by atoms with Crippen LogP contribution in [0, 0.1) is 17.2 Å². The molecule has 0 saturated heterocycles. The molecule has 194 valence electrons. The van der Waals surface area contributed by atoms with E-state index >= 15 is 0 Å². The van der Waals surface area contributed by atoms with Crippen LogP contribution in [-0.2, 0) is 10.2 Å². The van der Waals surface area contributed by atoms with Gasteiger partial charge < -0.3 is 5.32 Å². The molecule has 37 heavy (non-hydrogen) atoms. The minimum atomic E-state index is -0.624. The lowest BCUT2D eigenvalue weighted by Crippen LogP contribution is -2.46. The summed E-state index contributed by atoms with van der Waals surface area (Å²) in [4.78, 5) is 17.6. The van der Waals surface area contributed by atoms with Crippen LogP contribution in [0.1, 0.15) is 55.8 Å². The standard InChI is InChI=1S/C31H38N4OS/c1-24(2)31(23-32,27-16-10-19-33-22-27)18-11-20-34-30(36)28(17-21-37-3)35-29(25-12-6-4-7-13-25)26-14-8-5-9-15-26/h4-10,12-16,19,22,24,28-29,35H,11,17-18,20-21H2,1-3H3,(H,34,36)/t28-,31?/m0/s1. The van der Waals surface area contributed by atoms with Crippen LogP contribution in [0.4, 0.5) is 0 Å². The number of amides is 1. The maximum Gasteiger partial charge on any atom is 0.237 e. The lowest BCUT2D eigenvalue weighted by atomic mass is 9.70. The van der Waals surface area contributed by atoms with E-state index in [-0.39, 0.29) is 23.9 Å². The summed E-state index contributed by atoms with van der Waals surface area (Å²) in [7, 11) is 0. The van der Waals surface area contributed by atoms with E-state index in [1.54, 1.807) is 24.2 Å². The maximum absolute atomic E-state index is 13.4. The first-order valence-corrected chi connectivity index (χ1v) is 14.4. The number of nitrogens with one attached hydrogen (secondary N) is 2. The summed E-state index contributed by atoms with van der Waals surface area (Å²) in [6.07, 6.45) is 7.68. The van der Waals surface area contributed by atoms with E-state index in [0.29, 0.717) is 19.4 Å². The number of hydrogen-bond donors (Lipinski definition) is 2. The van der Waals surface area contributed by atoms with Crippen LogP contribution in [-0.4, -0.2) is 35.5 Å². The number of nitriles is 1. The molecule has 1 unspecified atom stereocenters. The van der Waals surface area contributed by atoms with Crippen molar-refractivity contribution < 1.29 is 4.79 Å². The van der Waals surface area contributed by atoms with Gasteiger partial charge in [-0.3, -0.25) is 15.1 Å². The lowest BCUT2D eigenvalue weighted by molar-refractivity contribution is -0.123. The van der Waals surface area contributed by atoms with Crippen molar-refractivity contribution >= 4 is 17.7 Å². The van der Waals surface area contributed by atoms with Crippen LogP contribution in [0.5, 0.6) is 0 Å². The number of rotatable bonds is 14. The zero-order valence-electron chi connectivity index (χ0n) is 22.1. The van der Waals surface area contributed by atoms with Gasteiger partial charge in [0.15, 0.2) is 0 Å². The van der Waals surface area contributed by atoms with E-state index in [9.17, 15) is 10.1 Å². The van der Waals surface area contributed by atoms with Crippen LogP contribution >= 0.6 is 11.8 Å².